The van der Waals surface area contributed by atoms with Crippen molar-refractivity contribution in [1.82, 2.24) is 0 Å². The maximum atomic E-state index is 10.9. The van der Waals surface area contributed by atoms with Gasteiger partial charge in [-0.2, -0.15) is 0 Å². The number of nitrogens with two attached hydrogens (primary N) is 1. The minimum atomic E-state index is -5.61. The number of carbonyl (C=O) groups is 1. The predicted molar refractivity (Wildman–Crippen MR) is 46.8 cm³/mol. The molecule has 0 rings (SSSR count). The molecule has 0 spiro atoms. The zero-order valence-corrected chi connectivity index (χ0v) is 17.5. The standard InChI is InChI=1S/C6H14NO9P.2K/c7-3(6(12)16-17(13,14)15)5(11)4(10)2(9)1-8;;/h2-5,8-11H,1,7H2,(H2,13,14,15);;/q;2*+1/p-2/t2-,3-,4-,5-;;/m1../s1. The largest absolute Gasteiger partial charge is 1.00 e. The minimum Gasteiger partial charge on any atom is -0.780 e. The van der Waals surface area contributed by atoms with Gasteiger partial charge in [0, 0.05) is 0 Å². The van der Waals surface area contributed by atoms with Crippen LogP contribution in [0.4, 0.5) is 0 Å². The second-order valence-corrected chi connectivity index (χ2v) is 4.19. The quantitative estimate of drug-likeness (QED) is 0.226. The molecule has 0 unspecified atom stereocenters. The van der Waals surface area contributed by atoms with E-state index in [4.69, 9.17) is 21.1 Å². The van der Waals surface area contributed by atoms with Crippen molar-refractivity contribution < 1.29 is 147 Å². The predicted octanol–water partition coefficient (Wildman–Crippen LogP) is -11.2. The van der Waals surface area contributed by atoms with Gasteiger partial charge >= 0.3 is 109 Å². The van der Waals surface area contributed by atoms with Crippen LogP contribution in [0, 0.1) is 0 Å². The van der Waals surface area contributed by atoms with Crippen molar-refractivity contribution in [2.45, 2.75) is 24.4 Å². The van der Waals surface area contributed by atoms with E-state index < -0.39 is 44.8 Å². The van der Waals surface area contributed by atoms with E-state index in [1.165, 1.54) is 0 Å². The van der Waals surface area contributed by atoms with Crippen LogP contribution in [0.25, 0.3) is 0 Å². The van der Waals surface area contributed by atoms with E-state index in [1.54, 1.807) is 0 Å². The van der Waals surface area contributed by atoms with E-state index in [9.17, 15) is 24.3 Å². The van der Waals surface area contributed by atoms with Gasteiger partial charge in [0.2, 0.25) is 0 Å². The normalized spacial score (nSPS) is 17.2. The van der Waals surface area contributed by atoms with Crippen molar-refractivity contribution >= 4 is 13.8 Å². The Morgan fingerprint density at radius 2 is 1.63 bits per heavy atom. The molecule has 102 valence electrons. The van der Waals surface area contributed by atoms with Gasteiger partial charge in [0.05, 0.1) is 6.61 Å². The first-order valence-corrected chi connectivity index (χ1v) is 5.72. The molecule has 0 aliphatic rings. The molecule has 0 aliphatic heterocycles. The fraction of sp³-hybridized carbons (Fsp3) is 0.833. The Hall–Kier alpha value is 2.69. The Bertz CT molecular complexity index is 313. The van der Waals surface area contributed by atoms with Gasteiger partial charge < -0.3 is 45.0 Å². The Morgan fingerprint density at radius 3 is 1.95 bits per heavy atom. The van der Waals surface area contributed by atoms with Gasteiger partial charge in [0.25, 0.3) is 0 Å². The number of hydrogen-bond acceptors (Lipinski definition) is 10. The second-order valence-electron chi connectivity index (χ2n) is 3.11. The van der Waals surface area contributed by atoms with E-state index >= 15 is 0 Å². The molecule has 0 bridgehead atoms. The van der Waals surface area contributed by atoms with Gasteiger partial charge in [-0.05, 0) is 0 Å². The summed E-state index contributed by atoms with van der Waals surface area (Å²) in [5, 5.41) is 35.7. The molecule has 0 radical (unpaired) electrons. The molecule has 6 N–H and O–H groups in total. The van der Waals surface area contributed by atoms with Gasteiger partial charge in [0.1, 0.15) is 32.2 Å². The molecule has 0 fully saturated rings. The van der Waals surface area contributed by atoms with E-state index in [-0.39, 0.29) is 103 Å². The summed E-state index contributed by atoms with van der Waals surface area (Å²) in [6, 6.07) is -2.07. The van der Waals surface area contributed by atoms with E-state index in [0.29, 0.717) is 0 Å². The van der Waals surface area contributed by atoms with Crippen LogP contribution in [0.15, 0.2) is 0 Å². The molecule has 0 saturated heterocycles. The molecule has 13 heteroatoms. The molecular weight excluding hydrogens is 339 g/mol. The first-order chi connectivity index (χ1) is 7.60. The maximum Gasteiger partial charge on any atom is 1.00 e. The van der Waals surface area contributed by atoms with Crippen LogP contribution >= 0.6 is 7.82 Å². The number of phosphoric ester groups is 1. The molecule has 0 aromatic rings. The molecule has 0 aromatic heterocycles. The number of carbonyl (C=O) groups excluding carboxylic acids is 1. The summed E-state index contributed by atoms with van der Waals surface area (Å²) in [4.78, 5) is 31.0. The van der Waals surface area contributed by atoms with E-state index in [2.05, 4.69) is 4.52 Å². The Labute approximate surface area is 193 Å². The summed E-state index contributed by atoms with van der Waals surface area (Å²) in [5.41, 5.74) is 4.99. The van der Waals surface area contributed by atoms with Crippen molar-refractivity contribution in [3.05, 3.63) is 0 Å². The fourth-order valence-corrected chi connectivity index (χ4v) is 1.20. The Morgan fingerprint density at radius 1 is 1.21 bits per heavy atom. The summed E-state index contributed by atoms with van der Waals surface area (Å²) >= 11 is 0. The van der Waals surface area contributed by atoms with Crippen molar-refractivity contribution in [3.8, 4) is 0 Å². The third kappa shape index (κ3) is 11.0. The fourth-order valence-electron chi connectivity index (χ4n) is 0.859. The van der Waals surface area contributed by atoms with Gasteiger partial charge in [-0.1, -0.05) is 0 Å². The van der Waals surface area contributed by atoms with Crippen LogP contribution in [0.2, 0.25) is 0 Å². The summed E-state index contributed by atoms with van der Waals surface area (Å²) in [7, 11) is -5.61. The number of aliphatic hydroxyl groups excluding tert-OH is 4. The molecule has 10 nitrogen and oxygen atoms in total. The molecule has 19 heavy (non-hydrogen) atoms. The molecular formula is C6H12K2NO9P. The molecule has 0 heterocycles. The maximum absolute atomic E-state index is 10.9. The van der Waals surface area contributed by atoms with Crippen molar-refractivity contribution in [2.24, 2.45) is 5.73 Å². The van der Waals surface area contributed by atoms with Gasteiger partial charge in [-0.25, -0.2) is 0 Å². The van der Waals surface area contributed by atoms with Crippen LogP contribution < -0.4 is 118 Å². The van der Waals surface area contributed by atoms with Crippen LogP contribution in [-0.4, -0.2) is 57.4 Å². The van der Waals surface area contributed by atoms with Crippen LogP contribution in [0.3, 0.4) is 0 Å². The zero-order valence-electron chi connectivity index (χ0n) is 10.4. The van der Waals surface area contributed by atoms with Crippen LogP contribution in [-0.2, 0) is 13.9 Å². The SMILES string of the molecule is N[C@@H](C(=O)OP(=O)([O-])[O-])[C@@H](O)[C@H](O)[C@H](O)CO.[K+].[K+]. The smallest absolute Gasteiger partial charge is 0.780 e. The van der Waals surface area contributed by atoms with Gasteiger partial charge in [0.15, 0.2) is 0 Å². The summed E-state index contributed by atoms with van der Waals surface area (Å²) in [6.45, 7) is -0.929. The molecule has 0 aromatic carbocycles. The summed E-state index contributed by atoms with van der Waals surface area (Å²) in [5.74, 6) is -1.78. The first-order valence-electron chi connectivity index (χ1n) is 4.26. The number of rotatable bonds is 6. The van der Waals surface area contributed by atoms with E-state index in [0.717, 1.165) is 0 Å². The minimum absolute atomic E-state index is 0. The topological polar surface area (TPSA) is 196 Å². The number of phosphoric acid groups is 1. The third-order valence-electron chi connectivity index (χ3n) is 1.77. The summed E-state index contributed by atoms with van der Waals surface area (Å²) in [6.07, 6.45) is -5.92. The molecule has 0 saturated carbocycles. The van der Waals surface area contributed by atoms with Crippen molar-refractivity contribution in [3.63, 3.8) is 0 Å². The zero-order chi connectivity index (χ0) is 13.8. The van der Waals surface area contributed by atoms with Crippen molar-refractivity contribution in [1.29, 1.82) is 0 Å². The number of hydrogen-bond donors (Lipinski definition) is 5. The molecule has 4 atom stereocenters. The monoisotopic (exact) mass is 351 g/mol. The second kappa shape index (κ2) is 12.2. The van der Waals surface area contributed by atoms with Crippen molar-refractivity contribution in [2.75, 3.05) is 6.61 Å². The van der Waals surface area contributed by atoms with Crippen LogP contribution in [0.1, 0.15) is 0 Å². The average molecular weight is 351 g/mol. The molecule has 0 aliphatic carbocycles. The van der Waals surface area contributed by atoms with Crippen LogP contribution in [0.5, 0.6) is 0 Å². The third-order valence-corrected chi connectivity index (χ3v) is 2.18. The Balaban J connectivity index is -0.00000128. The summed E-state index contributed by atoms with van der Waals surface area (Å²) < 4.78 is 13.4. The number of aliphatic hydroxyl groups is 4. The van der Waals surface area contributed by atoms with E-state index in [1.807, 2.05) is 0 Å². The molecule has 0 amide bonds. The van der Waals surface area contributed by atoms with Gasteiger partial charge in [-0.3, -0.25) is 4.79 Å². The van der Waals surface area contributed by atoms with Gasteiger partial charge in [-0.15, -0.1) is 0 Å². The first kappa shape index (κ1) is 26.6. The average Bonchev–Trinajstić information content (AvgIpc) is 2.22. The Kier molecular flexibility index (Phi) is 17.0.